The molecule has 56 valence electrons. The van der Waals surface area contributed by atoms with Crippen molar-refractivity contribution >= 4 is 21.1 Å². The standard InChI is InChI=1S/2C5H7.Sn/c2*1-2-4-5-3-1;/h2*1-3H,4-5H2;/q;;+2. The quantitative estimate of drug-likeness (QED) is 0.524. The Bertz CT molecular complexity index is 161. The minimum absolute atomic E-state index is 0.0825. The average molecular weight is 253 g/mol. The van der Waals surface area contributed by atoms with Crippen LogP contribution in [-0.2, 0) is 0 Å². The van der Waals surface area contributed by atoms with E-state index in [-0.39, 0.29) is 21.1 Å². The molecular weight excluding hydrogens is 239 g/mol. The molecule has 0 aliphatic heterocycles. The van der Waals surface area contributed by atoms with Gasteiger partial charge in [-0.1, -0.05) is 0 Å². The molecule has 11 heavy (non-hydrogen) atoms. The molecule has 0 N–H and O–H groups in total. The van der Waals surface area contributed by atoms with E-state index in [9.17, 15) is 0 Å². The van der Waals surface area contributed by atoms with E-state index < -0.39 is 0 Å². The fraction of sp³-hybridized carbons (Fsp3) is 0.600. The van der Waals surface area contributed by atoms with Crippen LogP contribution in [-0.4, -0.2) is 21.1 Å². The number of rotatable bonds is 2. The summed E-state index contributed by atoms with van der Waals surface area (Å²) in [5.41, 5.74) is 0. The molecule has 0 spiro atoms. The van der Waals surface area contributed by atoms with Crippen molar-refractivity contribution in [3.63, 3.8) is 0 Å². The summed E-state index contributed by atoms with van der Waals surface area (Å²) in [7, 11) is 0. The molecule has 0 aromatic rings. The summed E-state index contributed by atoms with van der Waals surface area (Å²) >= 11 is -0.0825. The monoisotopic (exact) mass is 254 g/mol. The second kappa shape index (κ2) is 3.79. The Morgan fingerprint density at radius 2 is 1.45 bits per heavy atom. The molecule has 2 unspecified atom stereocenters. The molecule has 0 aromatic heterocycles. The van der Waals surface area contributed by atoms with Gasteiger partial charge in [-0.25, -0.2) is 0 Å². The molecule has 2 aliphatic rings. The third-order valence-corrected chi connectivity index (χ3v) is 7.64. The van der Waals surface area contributed by atoms with Crippen molar-refractivity contribution in [2.24, 2.45) is 0 Å². The fourth-order valence-corrected chi connectivity index (χ4v) is 6.70. The molecule has 2 rings (SSSR count). The molecule has 2 aliphatic carbocycles. The first-order valence-corrected chi connectivity index (χ1v) is 7.84. The summed E-state index contributed by atoms with van der Waals surface area (Å²) in [5.74, 6) is 0. The van der Waals surface area contributed by atoms with E-state index in [0.29, 0.717) is 0 Å². The first-order valence-electron chi connectivity index (χ1n) is 4.54. The van der Waals surface area contributed by atoms with Crippen molar-refractivity contribution in [2.75, 3.05) is 0 Å². The second-order valence-corrected chi connectivity index (χ2v) is 8.58. The van der Waals surface area contributed by atoms with Gasteiger partial charge in [0.25, 0.3) is 0 Å². The van der Waals surface area contributed by atoms with Crippen LogP contribution in [0.25, 0.3) is 0 Å². The van der Waals surface area contributed by atoms with Gasteiger partial charge >= 0.3 is 79.0 Å². The summed E-state index contributed by atoms with van der Waals surface area (Å²) in [6.07, 6.45) is 15.4. The molecule has 0 amide bonds. The van der Waals surface area contributed by atoms with Crippen LogP contribution < -0.4 is 0 Å². The van der Waals surface area contributed by atoms with Gasteiger partial charge in [-0.15, -0.1) is 0 Å². The zero-order chi connectivity index (χ0) is 7.52. The molecule has 0 heterocycles. The minimum atomic E-state index is -0.0825. The zero-order valence-electron chi connectivity index (χ0n) is 6.79. The van der Waals surface area contributed by atoms with Crippen LogP contribution in [0.1, 0.15) is 25.7 Å². The van der Waals surface area contributed by atoms with Crippen molar-refractivity contribution in [2.45, 2.75) is 33.6 Å². The fourth-order valence-electron chi connectivity index (χ4n) is 1.82. The summed E-state index contributed by atoms with van der Waals surface area (Å²) in [5, 5.41) is 0. The Balaban J connectivity index is 1.80. The van der Waals surface area contributed by atoms with Crippen molar-refractivity contribution in [1.29, 1.82) is 0 Å². The van der Waals surface area contributed by atoms with Crippen LogP contribution in [0.2, 0.25) is 7.87 Å². The number of hydrogen-bond donors (Lipinski definition) is 0. The maximum absolute atomic E-state index is 2.48. The molecule has 0 radical (unpaired) electrons. The van der Waals surface area contributed by atoms with E-state index >= 15 is 0 Å². The van der Waals surface area contributed by atoms with E-state index in [0.717, 1.165) is 7.87 Å². The van der Waals surface area contributed by atoms with Gasteiger partial charge in [0.05, 0.1) is 0 Å². The molecule has 0 saturated carbocycles. The molecule has 0 aromatic carbocycles. The summed E-state index contributed by atoms with van der Waals surface area (Å²) in [6.45, 7) is 0. The van der Waals surface area contributed by atoms with Crippen LogP contribution in [0, 0.1) is 0 Å². The second-order valence-electron chi connectivity index (χ2n) is 3.39. The molecule has 0 nitrogen and oxygen atoms in total. The Morgan fingerprint density at radius 3 is 1.82 bits per heavy atom. The van der Waals surface area contributed by atoms with Crippen LogP contribution in [0.4, 0.5) is 0 Å². The Kier molecular flexibility index (Phi) is 2.72. The first kappa shape index (κ1) is 7.90. The summed E-state index contributed by atoms with van der Waals surface area (Å²) in [4.78, 5) is 0. The topological polar surface area (TPSA) is 0 Å². The van der Waals surface area contributed by atoms with Crippen molar-refractivity contribution in [3.05, 3.63) is 24.3 Å². The normalized spacial score (nSPS) is 34.5. The predicted octanol–water partition coefficient (Wildman–Crippen LogP) is 2.97. The van der Waals surface area contributed by atoms with E-state index in [1.807, 2.05) is 0 Å². The zero-order valence-corrected chi connectivity index (χ0v) is 9.65. The van der Waals surface area contributed by atoms with Crippen LogP contribution >= 0.6 is 0 Å². The number of hydrogen-bond acceptors (Lipinski definition) is 0. The summed E-state index contributed by atoms with van der Waals surface area (Å²) in [6, 6.07) is 0. The molecule has 1 heteroatoms. The van der Waals surface area contributed by atoms with Gasteiger partial charge in [-0.2, -0.15) is 0 Å². The third kappa shape index (κ3) is 2.11. The van der Waals surface area contributed by atoms with Gasteiger partial charge in [-0.05, 0) is 0 Å². The summed E-state index contributed by atoms with van der Waals surface area (Å²) < 4.78 is 2.15. The van der Waals surface area contributed by atoms with Crippen LogP contribution in [0.3, 0.4) is 0 Å². The van der Waals surface area contributed by atoms with Crippen LogP contribution in [0.5, 0.6) is 0 Å². The van der Waals surface area contributed by atoms with E-state index in [2.05, 4.69) is 24.3 Å². The van der Waals surface area contributed by atoms with Gasteiger partial charge in [0, 0.05) is 0 Å². The van der Waals surface area contributed by atoms with E-state index in [1.54, 1.807) is 0 Å². The molecule has 0 saturated heterocycles. The van der Waals surface area contributed by atoms with Gasteiger partial charge in [0.1, 0.15) is 0 Å². The molecule has 0 fully saturated rings. The van der Waals surface area contributed by atoms with Gasteiger partial charge in [0.15, 0.2) is 0 Å². The van der Waals surface area contributed by atoms with Crippen molar-refractivity contribution in [1.82, 2.24) is 0 Å². The maximum atomic E-state index is 2.48. The third-order valence-electron chi connectivity index (χ3n) is 2.45. The Morgan fingerprint density at radius 1 is 0.909 bits per heavy atom. The van der Waals surface area contributed by atoms with Crippen molar-refractivity contribution in [3.8, 4) is 0 Å². The van der Waals surface area contributed by atoms with Crippen molar-refractivity contribution < 1.29 is 0 Å². The Hall–Kier alpha value is 0.279. The molecule has 2 atom stereocenters. The van der Waals surface area contributed by atoms with Gasteiger partial charge in [0.2, 0.25) is 0 Å². The van der Waals surface area contributed by atoms with Crippen LogP contribution in [0.15, 0.2) is 24.3 Å². The average Bonchev–Trinajstić information content (AvgIpc) is 2.60. The predicted molar refractivity (Wildman–Crippen MR) is 50.0 cm³/mol. The number of allylic oxidation sites excluding steroid dienone is 4. The SMILES string of the molecule is C1=C[CH]([Sn+2][CH]2C=CCC2)CC1. The van der Waals surface area contributed by atoms with E-state index in [1.165, 1.54) is 25.7 Å². The van der Waals surface area contributed by atoms with E-state index in [4.69, 9.17) is 0 Å². The Labute approximate surface area is 79.0 Å². The van der Waals surface area contributed by atoms with Gasteiger partial charge in [-0.3, -0.25) is 0 Å². The first-order chi connectivity index (χ1) is 5.45. The molecular formula is C10H14Sn+2. The van der Waals surface area contributed by atoms with Gasteiger partial charge < -0.3 is 0 Å². The molecule has 0 bridgehead atoms.